The average Bonchev–Trinajstić information content (AvgIpc) is 2.47. The zero-order valence-electron chi connectivity index (χ0n) is 14.2. The van der Waals surface area contributed by atoms with Gasteiger partial charge in [0.15, 0.2) is 5.82 Å². The number of piperazine rings is 1. The molecule has 2 amide bonds. The van der Waals surface area contributed by atoms with Crippen molar-refractivity contribution in [1.82, 2.24) is 9.88 Å². The molecule has 8 heteroatoms. The fourth-order valence-corrected chi connectivity index (χ4v) is 3.17. The lowest BCUT2D eigenvalue weighted by atomic mass is 10.1. The van der Waals surface area contributed by atoms with Gasteiger partial charge in [-0.1, -0.05) is 0 Å². The summed E-state index contributed by atoms with van der Waals surface area (Å²) in [6.07, 6.45) is -0.388. The van der Waals surface area contributed by atoms with Crippen molar-refractivity contribution in [2.75, 3.05) is 29.9 Å². The van der Waals surface area contributed by atoms with Crippen LogP contribution >= 0.6 is 15.9 Å². The van der Waals surface area contributed by atoms with E-state index in [-0.39, 0.29) is 18.5 Å². The van der Waals surface area contributed by atoms with Crippen LogP contribution in [0.1, 0.15) is 26.5 Å². The molecule has 1 saturated heterocycles. The van der Waals surface area contributed by atoms with Gasteiger partial charge in [0, 0.05) is 17.6 Å². The molecule has 0 aromatic carbocycles. The van der Waals surface area contributed by atoms with Crippen LogP contribution in [-0.4, -0.2) is 53.2 Å². The van der Waals surface area contributed by atoms with E-state index >= 15 is 0 Å². The van der Waals surface area contributed by atoms with E-state index in [1.165, 1.54) is 0 Å². The number of nitrogens with one attached hydrogen (secondary N) is 1. The summed E-state index contributed by atoms with van der Waals surface area (Å²) in [4.78, 5) is 32.9. The number of hydrogen-bond donors (Lipinski definition) is 1. The van der Waals surface area contributed by atoms with Gasteiger partial charge >= 0.3 is 6.09 Å². The van der Waals surface area contributed by atoms with E-state index in [0.29, 0.717) is 18.8 Å². The van der Waals surface area contributed by atoms with Crippen molar-refractivity contribution in [3.63, 3.8) is 0 Å². The monoisotopic (exact) mass is 396 g/mol. The van der Waals surface area contributed by atoms with E-state index in [1.54, 1.807) is 4.90 Å². The van der Waals surface area contributed by atoms with Crippen molar-refractivity contribution in [3.05, 3.63) is 16.2 Å². The second-order valence-electron chi connectivity index (χ2n) is 7.05. The average molecular weight is 397 g/mol. The topological polar surface area (TPSA) is 74.8 Å². The fraction of sp³-hybridized carbons (Fsp3) is 0.562. The lowest BCUT2D eigenvalue weighted by molar-refractivity contribution is -0.118. The molecule has 2 aliphatic rings. The molecule has 7 nitrogen and oxygen atoms in total. The second-order valence-corrected chi connectivity index (χ2v) is 7.91. The molecule has 0 aliphatic carbocycles. The Morgan fingerprint density at radius 3 is 2.79 bits per heavy atom. The standard InChI is InChI=1S/C16H21BrN4O3/c1-9-10(17)7-11-13(18-9)21-6-5-20(8-12(21)14(22)19-11)15(23)24-16(2,3)4/h7,12H,5-6,8H2,1-4H3,(H,19,22). The highest BCUT2D eigenvalue weighted by Gasteiger charge is 2.40. The Morgan fingerprint density at radius 1 is 1.42 bits per heavy atom. The van der Waals surface area contributed by atoms with Crippen molar-refractivity contribution in [3.8, 4) is 0 Å². The molecule has 130 valence electrons. The molecular formula is C16H21BrN4O3. The van der Waals surface area contributed by atoms with Gasteiger partial charge in [0.1, 0.15) is 11.6 Å². The van der Waals surface area contributed by atoms with Gasteiger partial charge < -0.3 is 19.9 Å². The molecular weight excluding hydrogens is 376 g/mol. The van der Waals surface area contributed by atoms with E-state index < -0.39 is 11.6 Å². The number of aromatic nitrogens is 1. The van der Waals surface area contributed by atoms with Gasteiger partial charge in [-0.25, -0.2) is 9.78 Å². The summed E-state index contributed by atoms with van der Waals surface area (Å²) in [5, 5.41) is 2.88. The Morgan fingerprint density at radius 2 is 2.12 bits per heavy atom. The number of ether oxygens (including phenoxy) is 1. The molecule has 1 unspecified atom stereocenters. The highest BCUT2D eigenvalue weighted by molar-refractivity contribution is 9.10. The van der Waals surface area contributed by atoms with Crippen LogP contribution in [0.4, 0.5) is 16.3 Å². The molecule has 1 aromatic rings. The minimum absolute atomic E-state index is 0.131. The molecule has 1 aromatic heterocycles. The number of aryl methyl sites for hydroxylation is 1. The number of nitrogens with zero attached hydrogens (tertiary/aromatic N) is 3. The smallest absolute Gasteiger partial charge is 0.410 e. The summed E-state index contributed by atoms with van der Waals surface area (Å²) >= 11 is 3.44. The molecule has 24 heavy (non-hydrogen) atoms. The lowest BCUT2D eigenvalue weighted by Crippen LogP contribution is -2.61. The van der Waals surface area contributed by atoms with Crippen LogP contribution in [-0.2, 0) is 9.53 Å². The first-order valence-electron chi connectivity index (χ1n) is 7.88. The first kappa shape index (κ1) is 17.0. The molecule has 0 saturated carbocycles. The molecule has 2 aliphatic heterocycles. The number of hydrogen-bond acceptors (Lipinski definition) is 5. The summed E-state index contributed by atoms with van der Waals surface area (Å²) in [7, 11) is 0. The largest absolute Gasteiger partial charge is 0.444 e. The number of rotatable bonds is 0. The quantitative estimate of drug-likeness (QED) is 0.728. The van der Waals surface area contributed by atoms with Crippen LogP contribution in [0.3, 0.4) is 0 Å². The Balaban J connectivity index is 1.82. The number of carbonyl (C=O) groups excluding carboxylic acids is 2. The number of amides is 2. The Labute approximate surface area is 149 Å². The zero-order chi connectivity index (χ0) is 17.6. The maximum atomic E-state index is 12.5. The van der Waals surface area contributed by atoms with Crippen LogP contribution < -0.4 is 10.2 Å². The van der Waals surface area contributed by atoms with E-state index in [4.69, 9.17) is 4.74 Å². The van der Waals surface area contributed by atoms with Crippen LogP contribution in [0.15, 0.2) is 10.5 Å². The summed E-state index contributed by atoms with van der Waals surface area (Å²) in [6.45, 7) is 8.72. The second kappa shape index (κ2) is 5.91. The summed E-state index contributed by atoms with van der Waals surface area (Å²) < 4.78 is 6.27. The molecule has 0 radical (unpaired) electrons. The first-order chi connectivity index (χ1) is 11.2. The van der Waals surface area contributed by atoms with Crippen LogP contribution in [0.25, 0.3) is 0 Å². The maximum absolute atomic E-state index is 12.5. The third-order valence-electron chi connectivity index (χ3n) is 4.00. The van der Waals surface area contributed by atoms with Crippen LogP contribution in [0.5, 0.6) is 0 Å². The molecule has 1 fully saturated rings. The van der Waals surface area contributed by atoms with Crippen LogP contribution in [0, 0.1) is 6.92 Å². The Bertz CT molecular complexity index is 701. The number of fused-ring (bicyclic) bond motifs is 3. The van der Waals surface area contributed by atoms with Gasteiger partial charge in [0.05, 0.1) is 17.9 Å². The molecule has 0 bridgehead atoms. The van der Waals surface area contributed by atoms with Crippen molar-refractivity contribution in [2.24, 2.45) is 0 Å². The highest BCUT2D eigenvalue weighted by atomic mass is 79.9. The minimum atomic E-state index is -0.555. The van der Waals surface area contributed by atoms with Gasteiger partial charge in [-0.2, -0.15) is 0 Å². The Hall–Kier alpha value is -1.83. The zero-order valence-corrected chi connectivity index (χ0v) is 15.8. The first-order valence-corrected chi connectivity index (χ1v) is 8.67. The van der Waals surface area contributed by atoms with Crippen LogP contribution in [0.2, 0.25) is 0 Å². The fourth-order valence-electron chi connectivity index (χ4n) is 2.85. The number of carbonyl (C=O) groups is 2. The molecule has 1 N–H and O–H groups in total. The molecule has 0 spiro atoms. The van der Waals surface area contributed by atoms with Gasteiger partial charge in [-0.15, -0.1) is 0 Å². The van der Waals surface area contributed by atoms with Gasteiger partial charge in [0.2, 0.25) is 5.91 Å². The van der Waals surface area contributed by atoms with Crippen molar-refractivity contribution < 1.29 is 14.3 Å². The van der Waals surface area contributed by atoms with E-state index in [0.717, 1.165) is 16.0 Å². The molecule has 3 heterocycles. The highest BCUT2D eigenvalue weighted by Crippen LogP contribution is 2.35. The van der Waals surface area contributed by atoms with Crippen molar-refractivity contribution >= 4 is 39.4 Å². The van der Waals surface area contributed by atoms with Gasteiger partial charge in [-0.3, -0.25) is 4.79 Å². The predicted octanol–water partition coefficient (Wildman–Crippen LogP) is 2.53. The third-order valence-corrected chi connectivity index (χ3v) is 4.80. The Kier molecular flexibility index (Phi) is 4.19. The van der Waals surface area contributed by atoms with Gasteiger partial charge in [-0.05, 0) is 49.7 Å². The number of pyridine rings is 1. The lowest BCUT2D eigenvalue weighted by Gasteiger charge is -2.44. The minimum Gasteiger partial charge on any atom is -0.444 e. The summed E-state index contributed by atoms with van der Waals surface area (Å²) in [6, 6.07) is 1.42. The summed E-state index contributed by atoms with van der Waals surface area (Å²) in [5.41, 5.74) is 0.998. The van der Waals surface area contributed by atoms with E-state index in [2.05, 4.69) is 26.2 Å². The molecule has 1 atom stereocenters. The predicted molar refractivity (Wildman–Crippen MR) is 94.2 cm³/mol. The SMILES string of the molecule is Cc1nc2c(cc1Br)NC(=O)C1CN(C(=O)OC(C)(C)C)CCN21. The van der Waals surface area contributed by atoms with Crippen molar-refractivity contribution in [2.45, 2.75) is 39.3 Å². The van der Waals surface area contributed by atoms with Gasteiger partial charge in [0.25, 0.3) is 0 Å². The summed E-state index contributed by atoms with van der Waals surface area (Å²) in [5.74, 6) is 0.623. The molecule has 3 rings (SSSR count). The normalized spacial score (nSPS) is 20.2. The number of halogens is 1. The number of anilines is 2. The third kappa shape index (κ3) is 3.19. The maximum Gasteiger partial charge on any atom is 0.410 e. The van der Waals surface area contributed by atoms with Crippen molar-refractivity contribution in [1.29, 1.82) is 0 Å². The van der Waals surface area contributed by atoms with E-state index in [1.807, 2.05) is 38.7 Å². The van der Waals surface area contributed by atoms with E-state index in [9.17, 15) is 9.59 Å².